The molecule has 21 heavy (non-hydrogen) atoms. The second-order valence-electron chi connectivity index (χ2n) is 5.38. The van der Waals surface area contributed by atoms with Crippen LogP contribution in [0.1, 0.15) is 37.9 Å². The summed E-state index contributed by atoms with van der Waals surface area (Å²) >= 11 is 0. The van der Waals surface area contributed by atoms with Crippen molar-refractivity contribution in [3.05, 3.63) is 35.4 Å². The van der Waals surface area contributed by atoms with Crippen LogP contribution in [0.4, 0.5) is 13.2 Å². The lowest BCUT2D eigenvalue weighted by atomic mass is 9.82. The molecule has 1 aromatic carbocycles. The monoisotopic (exact) mass is 297 g/mol. The quantitative estimate of drug-likeness (QED) is 0.924. The molecule has 112 valence electrons. The predicted octanol–water partition coefficient (Wildman–Crippen LogP) is 3.27. The normalized spacial score (nSPS) is 17.9. The number of nitrogens with two attached hydrogens (primary N) is 1. The van der Waals surface area contributed by atoms with Gasteiger partial charge in [-0.1, -0.05) is 24.4 Å². The van der Waals surface area contributed by atoms with E-state index in [4.69, 9.17) is 10.3 Å². The van der Waals surface area contributed by atoms with Gasteiger partial charge in [0, 0.05) is 12.1 Å². The number of hydrogen-bond donors (Lipinski definition) is 1. The molecule has 1 aliphatic rings. The summed E-state index contributed by atoms with van der Waals surface area (Å²) in [6, 6.07) is 1.14. The fourth-order valence-electron chi connectivity index (χ4n) is 2.68. The van der Waals surface area contributed by atoms with Gasteiger partial charge >= 0.3 is 0 Å². The molecule has 0 aliphatic heterocycles. The maximum absolute atomic E-state index is 13.7. The van der Waals surface area contributed by atoms with Gasteiger partial charge in [0.05, 0.1) is 5.54 Å². The standard InChI is InChI=1S/C14H14F3N3O/c15-8-6-9(16)11(10(17)7-8)12-19-13(20-21-12)14(18)4-2-1-3-5-14/h6-7H,1-5,18H2. The van der Waals surface area contributed by atoms with Gasteiger partial charge < -0.3 is 10.3 Å². The second kappa shape index (κ2) is 5.14. The molecule has 1 aliphatic carbocycles. The van der Waals surface area contributed by atoms with E-state index in [2.05, 4.69) is 10.1 Å². The van der Waals surface area contributed by atoms with Crippen LogP contribution in [0.3, 0.4) is 0 Å². The van der Waals surface area contributed by atoms with Gasteiger partial charge in [-0.15, -0.1) is 0 Å². The van der Waals surface area contributed by atoms with E-state index in [1.165, 1.54) is 0 Å². The average molecular weight is 297 g/mol. The van der Waals surface area contributed by atoms with Gasteiger partial charge in [-0.25, -0.2) is 13.2 Å². The molecule has 2 N–H and O–H groups in total. The molecule has 1 aromatic heterocycles. The lowest BCUT2D eigenvalue weighted by Gasteiger charge is -2.29. The van der Waals surface area contributed by atoms with E-state index in [0.29, 0.717) is 25.0 Å². The minimum Gasteiger partial charge on any atom is -0.334 e. The molecule has 3 rings (SSSR count). The molecule has 1 heterocycles. The zero-order valence-corrected chi connectivity index (χ0v) is 11.2. The molecule has 0 spiro atoms. The smallest absolute Gasteiger partial charge is 0.263 e. The Bertz CT molecular complexity index is 642. The van der Waals surface area contributed by atoms with Crippen molar-refractivity contribution in [3.8, 4) is 11.5 Å². The van der Waals surface area contributed by atoms with Crippen molar-refractivity contribution >= 4 is 0 Å². The molecule has 1 fully saturated rings. The van der Waals surface area contributed by atoms with Gasteiger partial charge in [0.1, 0.15) is 23.0 Å². The predicted molar refractivity (Wildman–Crippen MR) is 68.6 cm³/mol. The molecular weight excluding hydrogens is 283 g/mol. The molecule has 0 radical (unpaired) electrons. The lowest BCUT2D eigenvalue weighted by molar-refractivity contribution is 0.275. The summed E-state index contributed by atoms with van der Waals surface area (Å²) in [4.78, 5) is 4.02. The maximum atomic E-state index is 13.7. The number of benzene rings is 1. The van der Waals surface area contributed by atoms with E-state index in [-0.39, 0.29) is 11.7 Å². The van der Waals surface area contributed by atoms with Gasteiger partial charge in [-0.05, 0) is 12.8 Å². The van der Waals surface area contributed by atoms with E-state index in [1.54, 1.807) is 0 Å². The minimum atomic E-state index is -1.09. The van der Waals surface area contributed by atoms with Crippen molar-refractivity contribution in [1.82, 2.24) is 10.1 Å². The van der Waals surface area contributed by atoms with Crippen molar-refractivity contribution in [2.45, 2.75) is 37.6 Å². The highest BCUT2D eigenvalue weighted by molar-refractivity contribution is 5.55. The number of hydrogen-bond acceptors (Lipinski definition) is 4. The van der Waals surface area contributed by atoms with Crippen LogP contribution in [0.25, 0.3) is 11.5 Å². The van der Waals surface area contributed by atoms with Crippen LogP contribution >= 0.6 is 0 Å². The van der Waals surface area contributed by atoms with E-state index in [9.17, 15) is 13.2 Å². The molecule has 0 saturated heterocycles. The van der Waals surface area contributed by atoms with E-state index >= 15 is 0 Å². The summed E-state index contributed by atoms with van der Waals surface area (Å²) in [5, 5.41) is 3.75. The number of rotatable bonds is 2. The van der Waals surface area contributed by atoms with Crippen LogP contribution in [-0.4, -0.2) is 10.1 Å². The highest BCUT2D eigenvalue weighted by atomic mass is 19.1. The third-order valence-electron chi connectivity index (χ3n) is 3.84. The second-order valence-corrected chi connectivity index (χ2v) is 5.38. The molecule has 0 amide bonds. The first-order valence-corrected chi connectivity index (χ1v) is 6.77. The van der Waals surface area contributed by atoms with Crippen molar-refractivity contribution in [1.29, 1.82) is 0 Å². The highest BCUT2D eigenvalue weighted by Crippen LogP contribution is 2.34. The van der Waals surface area contributed by atoms with Crippen LogP contribution in [0.5, 0.6) is 0 Å². The Hall–Kier alpha value is -1.89. The molecular formula is C14H14F3N3O. The maximum Gasteiger partial charge on any atom is 0.263 e. The average Bonchev–Trinajstić information content (AvgIpc) is 2.88. The highest BCUT2D eigenvalue weighted by Gasteiger charge is 2.35. The molecule has 7 heteroatoms. The summed E-state index contributed by atoms with van der Waals surface area (Å²) in [5.74, 6) is -3.26. The fourth-order valence-corrected chi connectivity index (χ4v) is 2.68. The van der Waals surface area contributed by atoms with Gasteiger partial charge in [-0.2, -0.15) is 4.98 Å². The van der Waals surface area contributed by atoms with Gasteiger partial charge in [0.25, 0.3) is 5.89 Å². The Morgan fingerprint density at radius 1 is 1.05 bits per heavy atom. The van der Waals surface area contributed by atoms with Crippen molar-refractivity contribution < 1.29 is 17.7 Å². The van der Waals surface area contributed by atoms with Gasteiger partial charge in [-0.3, -0.25) is 0 Å². The molecule has 2 aromatic rings. The van der Waals surface area contributed by atoms with Crippen molar-refractivity contribution in [2.75, 3.05) is 0 Å². The first-order valence-electron chi connectivity index (χ1n) is 6.77. The Morgan fingerprint density at radius 2 is 1.67 bits per heavy atom. The Balaban J connectivity index is 1.99. The Labute approximate surface area is 119 Å². The number of halogens is 3. The van der Waals surface area contributed by atoms with Crippen molar-refractivity contribution in [3.63, 3.8) is 0 Å². The largest absolute Gasteiger partial charge is 0.334 e. The van der Waals surface area contributed by atoms with Crippen LogP contribution in [0.2, 0.25) is 0 Å². The summed E-state index contributed by atoms with van der Waals surface area (Å²) in [6.07, 6.45) is 4.37. The SMILES string of the molecule is NC1(c2noc(-c3c(F)cc(F)cc3F)n2)CCCCC1. The van der Waals surface area contributed by atoms with Crippen LogP contribution in [0.15, 0.2) is 16.7 Å². The summed E-state index contributed by atoms with van der Waals surface area (Å²) in [5.41, 5.74) is 4.98. The number of aromatic nitrogens is 2. The Kier molecular flexibility index (Phi) is 3.44. The van der Waals surface area contributed by atoms with E-state index in [0.717, 1.165) is 19.3 Å². The minimum absolute atomic E-state index is 0.236. The molecule has 0 unspecified atom stereocenters. The fraction of sp³-hybridized carbons (Fsp3) is 0.429. The molecule has 0 atom stereocenters. The summed E-state index contributed by atoms with van der Waals surface area (Å²) in [6.45, 7) is 0. The third kappa shape index (κ3) is 2.53. The summed E-state index contributed by atoms with van der Waals surface area (Å²) < 4.78 is 45.3. The van der Waals surface area contributed by atoms with Gasteiger partial charge in [0.15, 0.2) is 5.82 Å². The van der Waals surface area contributed by atoms with Crippen LogP contribution in [0, 0.1) is 17.5 Å². The number of nitrogens with zero attached hydrogens (tertiary/aromatic N) is 2. The zero-order valence-electron chi connectivity index (χ0n) is 11.2. The van der Waals surface area contributed by atoms with Crippen LogP contribution in [-0.2, 0) is 5.54 Å². The molecule has 0 bridgehead atoms. The third-order valence-corrected chi connectivity index (χ3v) is 3.84. The molecule has 1 saturated carbocycles. The van der Waals surface area contributed by atoms with Crippen molar-refractivity contribution in [2.24, 2.45) is 5.73 Å². The lowest BCUT2D eigenvalue weighted by Crippen LogP contribution is -2.39. The Morgan fingerprint density at radius 3 is 2.29 bits per heavy atom. The van der Waals surface area contributed by atoms with Gasteiger partial charge in [0.2, 0.25) is 0 Å². The first kappa shape index (κ1) is 14.1. The van der Waals surface area contributed by atoms with E-state index in [1.807, 2.05) is 0 Å². The first-order chi connectivity index (χ1) is 9.99. The topological polar surface area (TPSA) is 64.9 Å². The zero-order chi connectivity index (χ0) is 15.0. The molecule has 4 nitrogen and oxygen atoms in total. The summed E-state index contributed by atoms with van der Waals surface area (Å²) in [7, 11) is 0. The van der Waals surface area contributed by atoms with Crippen LogP contribution < -0.4 is 5.73 Å². The van der Waals surface area contributed by atoms with E-state index < -0.39 is 28.6 Å².